The number of nitrogens with one attached hydrogen (secondary N) is 1. The van der Waals surface area contributed by atoms with E-state index in [1.165, 1.54) is 27.8 Å². The summed E-state index contributed by atoms with van der Waals surface area (Å²) in [6, 6.07) is 10.7. The maximum absolute atomic E-state index is 8.96. The Morgan fingerprint density at radius 3 is 2.36 bits per heavy atom. The molecule has 2 nitrogen and oxygen atoms in total. The SMILES string of the molecule is Cc1ccc(C(=N)c2cc(N(C)C)ccc2C2=CC=CC2)c(C)c1C. The van der Waals surface area contributed by atoms with E-state index in [2.05, 4.69) is 74.2 Å². The number of allylic oxidation sites excluding steroid dienone is 4. The van der Waals surface area contributed by atoms with Gasteiger partial charge in [0.25, 0.3) is 0 Å². The van der Waals surface area contributed by atoms with Gasteiger partial charge in [-0.3, -0.25) is 5.41 Å². The third-order valence-corrected chi connectivity index (χ3v) is 5.23. The highest BCUT2D eigenvalue weighted by Crippen LogP contribution is 2.31. The minimum absolute atomic E-state index is 0.604. The molecule has 0 unspecified atom stereocenters. The molecule has 1 N–H and O–H groups in total. The molecule has 0 aromatic heterocycles. The van der Waals surface area contributed by atoms with Crippen molar-refractivity contribution in [2.45, 2.75) is 27.2 Å². The third kappa shape index (κ3) is 3.17. The quantitative estimate of drug-likeness (QED) is 0.743. The van der Waals surface area contributed by atoms with Gasteiger partial charge in [0.2, 0.25) is 0 Å². The summed E-state index contributed by atoms with van der Waals surface area (Å²) in [7, 11) is 4.08. The highest BCUT2D eigenvalue weighted by Gasteiger charge is 2.17. The second kappa shape index (κ2) is 6.72. The molecule has 0 amide bonds. The first-order valence-corrected chi connectivity index (χ1v) is 8.73. The first kappa shape index (κ1) is 17.2. The Kier molecular flexibility index (Phi) is 4.63. The fraction of sp³-hybridized carbons (Fsp3) is 0.261. The molecule has 0 radical (unpaired) electrons. The summed E-state index contributed by atoms with van der Waals surface area (Å²) in [6.45, 7) is 6.39. The van der Waals surface area contributed by atoms with E-state index in [1.807, 2.05) is 14.1 Å². The van der Waals surface area contributed by atoms with Gasteiger partial charge >= 0.3 is 0 Å². The summed E-state index contributed by atoms with van der Waals surface area (Å²) in [5.41, 5.74) is 9.95. The van der Waals surface area contributed by atoms with Crippen LogP contribution < -0.4 is 4.90 Å². The van der Waals surface area contributed by atoms with Gasteiger partial charge in [-0.25, -0.2) is 0 Å². The third-order valence-electron chi connectivity index (χ3n) is 5.23. The van der Waals surface area contributed by atoms with Crippen LogP contribution in [0.2, 0.25) is 0 Å². The van der Waals surface area contributed by atoms with Crippen LogP contribution in [0.4, 0.5) is 5.69 Å². The Morgan fingerprint density at radius 2 is 1.72 bits per heavy atom. The van der Waals surface area contributed by atoms with Crippen molar-refractivity contribution < 1.29 is 0 Å². The van der Waals surface area contributed by atoms with Crippen LogP contribution in [-0.4, -0.2) is 19.8 Å². The Labute approximate surface area is 151 Å². The van der Waals surface area contributed by atoms with Crippen molar-refractivity contribution in [2.24, 2.45) is 0 Å². The second-order valence-corrected chi connectivity index (χ2v) is 7.00. The minimum atomic E-state index is 0.604. The summed E-state index contributed by atoms with van der Waals surface area (Å²) >= 11 is 0. The molecule has 3 rings (SSSR count). The van der Waals surface area contributed by atoms with Crippen molar-refractivity contribution in [2.75, 3.05) is 19.0 Å². The Hall–Kier alpha value is -2.61. The lowest BCUT2D eigenvalue weighted by atomic mass is 9.88. The zero-order chi connectivity index (χ0) is 18.1. The van der Waals surface area contributed by atoms with Crippen LogP contribution in [0, 0.1) is 26.2 Å². The molecule has 0 heterocycles. The molecule has 0 saturated heterocycles. The lowest BCUT2D eigenvalue weighted by molar-refractivity contribution is 1.13. The van der Waals surface area contributed by atoms with E-state index in [1.54, 1.807) is 0 Å². The molecular formula is C23H26N2. The average molecular weight is 330 g/mol. The normalized spacial score (nSPS) is 13.1. The highest BCUT2D eigenvalue weighted by molar-refractivity contribution is 6.15. The maximum atomic E-state index is 8.96. The van der Waals surface area contributed by atoms with Gasteiger partial charge < -0.3 is 4.90 Å². The fourth-order valence-electron chi connectivity index (χ4n) is 3.32. The monoisotopic (exact) mass is 330 g/mol. The fourth-order valence-corrected chi connectivity index (χ4v) is 3.32. The summed E-state index contributed by atoms with van der Waals surface area (Å²) in [4.78, 5) is 2.09. The van der Waals surface area contributed by atoms with Gasteiger partial charge in [0.05, 0.1) is 5.71 Å². The molecule has 25 heavy (non-hydrogen) atoms. The van der Waals surface area contributed by atoms with Gasteiger partial charge in [0.15, 0.2) is 0 Å². The van der Waals surface area contributed by atoms with E-state index >= 15 is 0 Å². The minimum Gasteiger partial charge on any atom is -0.378 e. The summed E-state index contributed by atoms with van der Waals surface area (Å²) < 4.78 is 0. The molecule has 0 fully saturated rings. The Balaban J connectivity index is 2.15. The number of anilines is 1. The van der Waals surface area contributed by atoms with Crippen molar-refractivity contribution in [3.05, 3.63) is 81.9 Å². The number of rotatable bonds is 4. The second-order valence-electron chi connectivity index (χ2n) is 7.00. The van der Waals surface area contributed by atoms with Crippen LogP contribution in [0.15, 0.2) is 48.6 Å². The predicted molar refractivity (Wildman–Crippen MR) is 109 cm³/mol. The first-order valence-electron chi connectivity index (χ1n) is 8.73. The van der Waals surface area contributed by atoms with Gasteiger partial charge in [-0.1, -0.05) is 36.4 Å². The maximum Gasteiger partial charge on any atom is 0.0694 e. The number of hydrogen-bond acceptors (Lipinski definition) is 2. The summed E-state index contributed by atoms with van der Waals surface area (Å²) in [5.74, 6) is 0. The predicted octanol–water partition coefficient (Wildman–Crippen LogP) is 5.44. The van der Waals surface area contributed by atoms with Crippen molar-refractivity contribution in [1.82, 2.24) is 0 Å². The van der Waals surface area contributed by atoms with Gasteiger partial charge in [0, 0.05) is 30.9 Å². The molecule has 2 aromatic rings. The van der Waals surface area contributed by atoms with E-state index in [0.717, 1.165) is 23.2 Å². The molecule has 0 aliphatic heterocycles. The molecule has 0 atom stereocenters. The number of nitrogens with zero attached hydrogens (tertiary/aromatic N) is 1. The van der Waals surface area contributed by atoms with Crippen molar-refractivity contribution in [3.8, 4) is 0 Å². The molecule has 1 aliphatic carbocycles. The van der Waals surface area contributed by atoms with Crippen LogP contribution >= 0.6 is 0 Å². The number of aryl methyl sites for hydroxylation is 1. The van der Waals surface area contributed by atoms with Crippen LogP contribution in [0.1, 0.15) is 39.8 Å². The standard InChI is InChI=1S/C23H26N2/c1-15-10-12-20(17(3)16(15)2)23(24)22-14-19(25(4)5)11-13-21(22)18-8-6-7-9-18/h6-8,10-14,24H,9H2,1-5H3. The topological polar surface area (TPSA) is 27.1 Å². The molecular weight excluding hydrogens is 304 g/mol. The molecule has 1 aliphatic rings. The Bertz CT molecular complexity index is 899. The molecule has 0 bridgehead atoms. The lowest BCUT2D eigenvalue weighted by Gasteiger charge is -2.19. The van der Waals surface area contributed by atoms with Gasteiger partial charge in [-0.15, -0.1) is 0 Å². The van der Waals surface area contributed by atoms with Crippen molar-refractivity contribution >= 4 is 17.0 Å². The molecule has 128 valence electrons. The highest BCUT2D eigenvalue weighted by atomic mass is 15.1. The van der Waals surface area contributed by atoms with E-state index < -0.39 is 0 Å². The van der Waals surface area contributed by atoms with Crippen LogP contribution in [-0.2, 0) is 0 Å². The van der Waals surface area contributed by atoms with E-state index in [0.29, 0.717) is 5.71 Å². The van der Waals surface area contributed by atoms with Crippen LogP contribution in [0.3, 0.4) is 0 Å². The lowest BCUT2D eigenvalue weighted by Crippen LogP contribution is -2.13. The molecule has 0 spiro atoms. The van der Waals surface area contributed by atoms with E-state index in [4.69, 9.17) is 5.41 Å². The smallest absolute Gasteiger partial charge is 0.0694 e. The molecule has 2 aromatic carbocycles. The van der Waals surface area contributed by atoms with Crippen molar-refractivity contribution in [1.29, 1.82) is 5.41 Å². The average Bonchev–Trinajstić information content (AvgIpc) is 3.13. The van der Waals surface area contributed by atoms with Gasteiger partial charge in [-0.2, -0.15) is 0 Å². The van der Waals surface area contributed by atoms with Gasteiger partial charge in [-0.05, 0) is 67.2 Å². The van der Waals surface area contributed by atoms with E-state index in [9.17, 15) is 0 Å². The molecule has 2 heteroatoms. The number of benzene rings is 2. The van der Waals surface area contributed by atoms with E-state index in [-0.39, 0.29) is 0 Å². The first-order chi connectivity index (χ1) is 11.9. The van der Waals surface area contributed by atoms with Gasteiger partial charge in [0.1, 0.15) is 0 Å². The summed E-state index contributed by atoms with van der Waals surface area (Å²) in [5, 5.41) is 8.96. The Morgan fingerprint density at radius 1 is 0.960 bits per heavy atom. The van der Waals surface area contributed by atoms with Crippen LogP contribution in [0.5, 0.6) is 0 Å². The van der Waals surface area contributed by atoms with Crippen LogP contribution in [0.25, 0.3) is 5.57 Å². The molecule has 0 saturated carbocycles. The summed E-state index contributed by atoms with van der Waals surface area (Å²) in [6.07, 6.45) is 7.37. The number of hydrogen-bond donors (Lipinski definition) is 1. The van der Waals surface area contributed by atoms with Crippen molar-refractivity contribution in [3.63, 3.8) is 0 Å². The zero-order valence-corrected chi connectivity index (χ0v) is 15.8. The zero-order valence-electron chi connectivity index (χ0n) is 15.8. The largest absolute Gasteiger partial charge is 0.378 e.